The van der Waals surface area contributed by atoms with Gasteiger partial charge in [-0.1, -0.05) is 0 Å². The summed E-state index contributed by atoms with van der Waals surface area (Å²) >= 11 is 0. The number of carbonyl (C=O) groups is 1. The second-order valence-electron chi connectivity index (χ2n) is 7.24. The van der Waals surface area contributed by atoms with E-state index in [4.69, 9.17) is 4.74 Å². The number of ether oxygens (including phenoxy) is 1. The van der Waals surface area contributed by atoms with Gasteiger partial charge in [0.1, 0.15) is 5.69 Å². The van der Waals surface area contributed by atoms with Crippen molar-refractivity contribution in [2.45, 2.75) is 43.7 Å². The van der Waals surface area contributed by atoms with Gasteiger partial charge in [-0.2, -0.15) is 5.10 Å². The van der Waals surface area contributed by atoms with Crippen molar-refractivity contribution in [1.82, 2.24) is 19.6 Å². The lowest BCUT2D eigenvalue weighted by molar-refractivity contribution is -0.0946. The smallest absolute Gasteiger partial charge is 0.272 e. The van der Waals surface area contributed by atoms with Gasteiger partial charge in [-0.25, -0.2) is 0 Å². The molecule has 0 bridgehead atoms. The SMILES string of the molecule is Cn1nccc1C(=O)N1CC[C@]2(C[C@H](N3CCCC3)CCO2)C1. The molecule has 4 heterocycles. The Hall–Kier alpha value is -1.40. The van der Waals surface area contributed by atoms with Crippen LogP contribution in [0.1, 0.15) is 42.6 Å². The summed E-state index contributed by atoms with van der Waals surface area (Å²) in [5, 5.41) is 4.11. The molecule has 4 rings (SSSR count). The fourth-order valence-corrected chi connectivity index (χ4v) is 4.47. The van der Waals surface area contributed by atoms with Gasteiger partial charge in [-0.15, -0.1) is 0 Å². The molecule has 0 aliphatic carbocycles. The number of amides is 1. The Balaban J connectivity index is 1.44. The van der Waals surface area contributed by atoms with Crippen LogP contribution in [0, 0.1) is 0 Å². The van der Waals surface area contributed by atoms with Crippen molar-refractivity contribution in [2.75, 3.05) is 32.8 Å². The minimum absolute atomic E-state index is 0.0776. The molecule has 1 spiro atoms. The van der Waals surface area contributed by atoms with E-state index in [0.717, 1.165) is 39.0 Å². The molecule has 126 valence electrons. The molecule has 3 aliphatic heterocycles. The standard InChI is InChI=1S/C17H26N4O2/c1-19-15(4-7-18-19)16(22)21-10-6-17(13-21)12-14(5-11-23-17)20-8-2-3-9-20/h4,7,14H,2-3,5-6,8-13H2,1H3/t14-,17+/m1/s1. The van der Waals surface area contributed by atoms with Crippen LogP contribution in [0.5, 0.6) is 0 Å². The summed E-state index contributed by atoms with van der Waals surface area (Å²) in [5.74, 6) is 0.0776. The predicted molar refractivity (Wildman–Crippen MR) is 86.2 cm³/mol. The second-order valence-corrected chi connectivity index (χ2v) is 7.24. The zero-order chi connectivity index (χ0) is 15.9. The van der Waals surface area contributed by atoms with Gasteiger partial charge in [0.15, 0.2) is 0 Å². The van der Waals surface area contributed by atoms with E-state index in [1.807, 2.05) is 11.9 Å². The number of hydrogen-bond acceptors (Lipinski definition) is 4. The fourth-order valence-electron chi connectivity index (χ4n) is 4.47. The molecule has 6 nitrogen and oxygen atoms in total. The Morgan fingerprint density at radius 3 is 2.91 bits per heavy atom. The predicted octanol–water partition coefficient (Wildman–Crippen LogP) is 1.28. The molecule has 1 aromatic heterocycles. The molecule has 0 saturated carbocycles. The number of hydrogen-bond donors (Lipinski definition) is 0. The Morgan fingerprint density at radius 2 is 2.17 bits per heavy atom. The molecule has 1 aromatic rings. The topological polar surface area (TPSA) is 50.6 Å². The highest BCUT2D eigenvalue weighted by molar-refractivity contribution is 5.92. The average molecular weight is 318 g/mol. The maximum atomic E-state index is 12.7. The van der Waals surface area contributed by atoms with Crippen LogP contribution in [-0.4, -0.2) is 69.9 Å². The first-order chi connectivity index (χ1) is 11.2. The highest BCUT2D eigenvalue weighted by Gasteiger charge is 2.46. The third-order valence-electron chi connectivity index (χ3n) is 5.77. The summed E-state index contributed by atoms with van der Waals surface area (Å²) in [6, 6.07) is 2.43. The zero-order valence-corrected chi connectivity index (χ0v) is 13.9. The fraction of sp³-hybridized carbons (Fsp3) is 0.765. The molecule has 6 heteroatoms. The lowest BCUT2D eigenvalue weighted by atomic mass is 9.89. The lowest BCUT2D eigenvalue weighted by Gasteiger charge is -2.41. The normalized spacial score (nSPS) is 32.0. The van der Waals surface area contributed by atoms with E-state index < -0.39 is 0 Å². The van der Waals surface area contributed by atoms with Gasteiger partial charge in [0.2, 0.25) is 0 Å². The minimum atomic E-state index is -0.125. The molecule has 0 N–H and O–H groups in total. The minimum Gasteiger partial charge on any atom is -0.373 e. The summed E-state index contributed by atoms with van der Waals surface area (Å²) < 4.78 is 7.86. The van der Waals surface area contributed by atoms with E-state index in [9.17, 15) is 4.79 Å². The maximum absolute atomic E-state index is 12.7. The van der Waals surface area contributed by atoms with Crippen LogP contribution in [0.3, 0.4) is 0 Å². The first-order valence-corrected chi connectivity index (χ1v) is 8.82. The van der Waals surface area contributed by atoms with Crippen molar-refractivity contribution < 1.29 is 9.53 Å². The van der Waals surface area contributed by atoms with Crippen LogP contribution >= 0.6 is 0 Å². The van der Waals surface area contributed by atoms with Crippen LogP contribution in [0.4, 0.5) is 0 Å². The molecule has 0 aromatic carbocycles. The highest BCUT2D eigenvalue weighted by Crippen LogP contribution is 2.37. The van der Waals surface area contributed by atoms with Gasteiger partial charge in [0.05, 0.1) is 12.1 Å². The van der Waals surface area contributed by atoms with Gasteiger partial charge in [0.25, 0.3) is 5.91 Å². The van der Waals surface area contributed by atoms with E-state index in [1.54, 1.807) is 16.9 Å². The summed E-state index contributed by atoms with van der Waals surface area (Å²) in [5.41, 5.74) is 0.536. The van der Waals surface area contributed by atoms with Crippen LogP contribution < -0.4 is 0 Å². The molecule has 1 amide bonds. The first kappa shape index (κ1) is 15.1. The van der Waals surface area contributed by atoms with E-state index in [1.165, 1.54) is 25.9 Å². The van der Waals surface area contributed by atoms with Crippen molar-refractivity contribution >= 4 is 5.91 Å². The molecule has 3 aliphatic rings. The average Bonchev–Trinajstić information content (AvgIpc) is 3.28. The van der Waals surface area contributed by atoms with Gasteiger partial charge in [-0.3, -0.25) is 9.48 Å². The quantitative estimate of drug-likeness (QED) is 0.824. The highest BCUT2D eigenvalue weighted by atomic mass is 16.5. The Bertz CT molecular complexity index is 581. The molecule has 23 heavy (non-hydrogen) atoms. The van der Waals surface area contributed by atoms with E-state index in [2.05, 4.69) is 10.00 Å². The third-order valence-corrected chi connectivity index (χ3v) is 5.77. The number of aryl methyl sites for hydroxylation is 1. The van der Waals surface area contributed by atoms with Crippen molar-refractivity contribution in [3.05, 3.63) is 18.0 Å². The number of nitrogens with zero attached hydrogens (tertiary/aromatic N) is 4. The van der Waals surface area contributed by atoms with Crippen molar-refractivity contribution in [2.24, 2.45) is 7.05 Å². The molecule has 0 radical (unpaired) electrons. The van der Waals surface area contributed by atoms with Crippen LogP contribution in [0.15, 0.2) is 12.3 Å². The molecule has 2 atom stereocenters. The number of carbonyl (C=O) groups excluding carboxylic acids is 1. The zero-order valence-electron chi connectivity index (χ0n) is 13.9. The number of likely N-dealkylation sites (tertiary alicyclic amines) is 2. The summed E-state index contributed by atoms with van der Waals surface area (Å²) in [6.07, 6.45) is 7.50. The van der Waals surface area contributed by atoms with Gasteiger partial charge >= 0.3 is 0 Å². The number of aromatic nitrogens is 2. The Morgan fingerprint density at radius 1 is 1.35 bits per heavy atom. The van der Waals surface area contributed by atoms with E-state index in [0.29, 0.717) is 11.7 Å². The van der Waals surface area contributed by atoms with Crippen molar-refractivity contribution in [1.29, 1.82) is 0 Å². The van der Waals surface area contributed by atoms with Crippen LogP contribution in [0.25, 0.3) is 0 Å². The molecule has 3 saturated heterocycles. The lowest BCUT2D eigenvalue weighted by Crippen LogP contribution is -2.49. The molecule has 0 unspecified atom stereocenters. The molecule has 3 fully saturated rings. The summed E-state index contributed by atoms with van der Waals surface area (Å²) in [6.45, 7) is 4.81. The van der Waals surface area contributed by atoms with Crippen LogP contribution in [-0.2, 0) is 11.8 Å². The summed E-state index contributed by atoms with van der Waals surface area (Å²) in [7, 11) is 1.82. The second kappa shape index (κ2) is 5.91. The third kappa shape index (κ3) is 2.78. The summed E-state index contributed by atoms with van der Waals surface area (Å²) in [4.78, 5) is 17.3. The van der Waals surface area contributed by atoms with Crippen molar-refractivity contribution in [3.63, 3.8) is 0 Å². The Labute approximate surface area is 137 Å². The maximum Gasteiger partial charge on any atom is 0.272 e. The van der Waals surface area contributed by atoms with Gasteiger partial charge in [-0.05, 0) is 51.3 Å². The molecular weight excluding hydrogens is 292 g/mol. The van der Waals surface area contributed by atoms with Gasteiger partial charge in [0, 0.05) is 32.4 Å². The monoisotopic (exact) mass is 318 g/mol. The van der Waals surface area contributed by atoms with E-state index >= 15 is 0 Å². The van der Waals surface area contributed by atoms with Crippen LogP contribution in [0.2, 0.25) is 0 Å². The van der Waals surface area contributed by atoms with Gasteiger partial charge < -0.3 is 14.5 Å². The first-order valence-electron chi connectivity index (χ1n) is 8.82. The van der Waals surface area contributed by atoms with Crippen molar-refractivity contribution in [3.8, 4) is 0 Å². The largest absolute Gasteiger partial charge is 0.373 e. The van der Waals surface area contributed by atoms with E-state index in [-0.39, 0.29) is 11.5 Å². The number of rotatable bonds is 2. The molecular formula is C17H26N4O2. The Kier molecular flexibility index (Phi) is 3.89.